The van der Waals surface area contributed by atoms with E-state index in [9.17, 15) is 18.8 Å². The second-order valence-corrected chi connectivity index (χ2v) is 8.94. The van der Waals surface area contributed by atoms with Crippen LogP contribution >= 0.6 is 0 Å². The number of piperidine rings is 1. The molecule has 2 heterocycles. The second kappa shape index (κ2) is 9.25. The molecule has 1 aliphatic heterocycles. The molecule has 2 aliphatic rings. The summed E-state index contributed by atoms with van der Waals surface area (Å²) in [5.41, 5.74) is 1.84. The van der Waals surface area contributed by atoms with Gasteiger partial charge in [-0.25, -0.2) is 9.49 Å². The molecule has 0 bridgehead atoms. The van der Waals surface area contributed by atoms with Crippen molar-refractivity contribution in [3.63, 3.8) is 0 Å². The van der Waals surface area contributed by atoms with Crippen molar-refractivity contribution >= 4 is 28.3 Å². The highest BCUT2D eigenvalue weighted by atomic mass is 19.1. The minimum Gasteiger partial charge on any atom is -0.334 e. The van der Waals surface area contributed by atoms with Crippen molar-refractivity contribution in [2.45, 2.75) is 25.7 Å². The molecule has 2 amide bonds. The summed E-state index contributed by atoms with van der Waals surface area (Å²) >= 11 is 0. The quantitative estimate of drug-likeness (QED) is 0.528. The van der Waals surface area contributed by atoms with Crippen molar-refractivity contribution in [1.29, 1.82) is 5.41 Å². The van der Waals surface area contributed by atoms with Gasteiger partial charge in [0.25, 0.3) is 11.5 Å². The number of aromatic amines is 1. The van der Waals surface area contributed by atoms with Gasteiger partial charge in [-0.2, -0.15) is 5.10 Å². The first kappa shape index (κ1) is 22.6. The van der Waals surface area contributed by atoms with E-state index >= 15 is 0 Å². The molecule has 8 nitrogen and oxygen atoms in total. The van der Waals surface area contributed by atoms with Gasteiger partial charge in [-0.1, -0.05) is 24.3 Å². The summed E-state index contributed by atoms with van der Waals surface area (Å²) in [7, 11) is 0. The molecule has 9 heteroatoms. The number of likely N-dealkylation sites (tertiary alicyclic amines) is 1. The van der Waals surface area contributed by atoms with Gasteiger partial charge in [-0.15, -0.1) is 0 Å². The fraction of sp³-hybridized carbons (Fsp3) is 0.269. The Kier molecular flexibility index (Phi) is 5.98. The molecule has 1 saturated carbocycles. The van der Waals surface area contributed by atoms with Crippen molar-refractivity contribution in [2.24, 2.45) is 5.92 Å². The van der Waals surface area contributed by atoms with Crippen molar-refractivity contribution in [1.82, 2.24) is 20.4 Å². The maximum atomic E-state index is 14.7. The van der Waals surface area contributed by atoms with Crippen molar-refractivity contribution in [3.8, 4) is 0 Å². The molecule has 178 valence electrons. The monoisotopic (exact) mass is 473 g/mol. The molecule has 1 aliphatic carbocycles. The third-order valence-corrected chi connectivity index (χ3v) is 6.41. The smallest absolute Gasteiger partial charge is 0.272 e. The maximum Gasteiger partial charge on any atom is 0.272 e. The minimum absolute atomic E-state index is 0.0354. The fourth-order valence-electron chi connectivity index (χ4n) is 4.23. The van der Waals surface area contributed by atoms with Gasteiger partial charge in [0.2, 0.25) is 5.91 Å². The molecule has 0 atom stereocenters. The van der Waals surface area contributed by atoms with E-state index in [1.165, 1.54) is 23.2 Å². The van der Waals surface area contributed by atoms with Crippen LogP contribution in [0.3, 0.4) is 0 Å². The molecule has 5 rings (SSSR count). The third-order valence-electron chi connectivity index (χ3n) is 6.41. The minimum atomic E-state index is -0.633. The lowest BCUT2D eigenvalue weighted by molar-refractivity contribution is -0.121. The van der Waals surface area contributed by atoms with Crippen LogP contribution in [-0.2, 0) is 11.2 Å². The Morgan fingerprint density at radius 1 is 1.20 bits per heavy atom. The summed E-state index contributed by atoms with van der Waals surface area (Å²) in [6, 6.07) is 11.5. The second-order valence-electron chi connectivity index (χ2n) is 8.94. The van der Waals surface area contributed by atoms with Crippen LogP contribution in [0.1, 0.15) is 40.9 Å². The van der Waals surface area contributed by atoms with E-state index in [2.05, 4.69) is 15.5 Å². The van der Waals surface area contributed by atoms with E-state index in [0.717, 1.165) is 12.8 Å². The molecule has 35 heavy (non-hydrogen) atoms. The number of nitrogens with zero attached hydrogens (tertiary/aromatic N) is 2. The number of fused-ring (bicyclic) bond motifs is 1. The average molecular weight is 474 g/mol. The molecule has 0 radical (unpaired) electrons. The lowest BCUT2D eigenvalue weighted by atomic mass is 9.99. The topological polar surface area (TPSA) is 119 Å². The van der Waals surface area contributed by atoms with Gasteiger partial charge in [0, 0.05) is 54.7 Å². The number of hydrogen-bond acceptors (Lipinski definition) is 5. The molecule has 3 N–H and O–H groups in total. The van der Waals surface area contributed by atoms with Gasteiger partial charge in [0.05, 0.1) is 16.6 Å². The van der Waals surface area contributed by atoms with E-state index in [4.69, 9.17) is 5.41 Å². The number of rotatable bonds is 5. The number of carbonyl (C=O) groups excluding carboxylic acids is 2. The zero-order valence-corrected chi connectivity index (χ0v) is 18.9. The lowest BCUT2D eigenvalue weighted by Gasteiger charge is -2.29. The first-order valence-corrected chi connectivity index (χ1v) is 11.5. The van der Waals surface area contributed by atoms with Crippen LogP contribution in [0.25, 0.3) is 10.8 Å². The van der Waals surface area contributed by atoms with Crippen LogP contribution in [0.15, 0.2) is 59.0 Å². The Balaban J connectivity index is 1.37. The number of nitrogens with one attached hydrogen (secondary N) is 3. The first-order valence-electron chi connectivity index (χ1n) is 11.5. The zero-order valence-electron chi connectivity index (χ0n) is 18.9. The standard InChI is InChI=1S/C26H24FN5O3/c27-21-8-5-15(12-23-18-3-1-2-4-19(18)25(34)31-30-23)11-20(21)26(35)32-10-9-22(28)17(14-32)13-29-24(33)16-6-7-16/h1-5,8,11,13,16,28H,6-7,9-10,12,14H2,(H,29,33)(H,31,34)/b17-13-,28-22?. The Hall–Kier alpha value is -4.14. The van der Waals surface area contributed by atoms with Crippen molar-refractivity contribution < 1.29 is 14.0 Å². The highest BCUT2D eigenvalue weighted by molar-refractivity contribution is 6.02. The molecule has 0 spiro atoms. The van der Waals surface area contributed by atoms with E-state index < -0.39 is 11.7 Å². The molecule has 1 aromatic heterocycles. The largest absolute Gasteiger partial charge is 0.334 e. The number of carbonyl (C=O) groups is 2. The summed E-state index contributed by atoms with van der Waals surface area (Å²) in [6.07, 6.45) is 3.88. The molecule has 2 fully saturated rings. The fourth-order valence-corrected chi connectivity index (χ4v) is 4.23. The van der Waals surface area contributed by atoms with Crippen LogP contribution in [0.4, 0.5) is 4.39 Å². The number of benzene rings is 2. The van der Waals surface area contributed by atoms with Gasteiger partial charge in [0.15, 0.2) is 0 Å². The van der Waals surface area contributed by atoms with Gasteiger partial charge < -0.3 is 15.6 Å². The molecule has 1 saturated heterocycles. The zero-order chi connectivity index (χ0) is 24.5. The predicted molar refractivity (Wildman–Crippen MR) is 129 cm³/mol. The SMILES string of the molecule is N=C1CCN(C(=O)c2cc(Cc3n[nH]c(=O)c4ccccc34)ccc2F)C/C1=C/NC(=O)C1CC1. The Bertz CT molecular complexity index is 1440. The number of H-pyrrole nitrogens is 1. The van der Waals surface area contributed by atoms with Crippen molar-refractivity contribution in [3.05, 3.63) is 87.2 Å². The van der Waals surface area contributed by atoms with E-state index in [1.54, 1.807) is 24.3 Å². The van der Waals surface area contributed by atoms with Crippen LogP contribution in [0.2, 0.25) is 0 Å². The Morgan fingerprint density at radius 3 is 2.74 bits per heavy atom. The molecular weight excluding hydrogens is 449 g/mol. The Labute approximate surface area is 200 Å². The summed E-state index contributed by atoms with van der Waals surface area (Å²) in [6.45, 7) is 0.416. The highest BCUT2D eigenvalue weighted by Gasteiger charge is 2.30. The lowest BCUT2D eigenvalue weighted by Crippen LogP contribution is -2.41. The molecule has 3 aromatic rings. The Morgan fingerprint density at radius 2 is 1.97 bits per heavy atom. The highest BCUT2D eigenvalue weighted by Crippen LogP contribution is 2.29. The maximum absolute atomic E-state index is 14.7. The van der Waals surface area contributed by atoms with Gasteiger partial charge in [0.1, 0.15) is 5.82 Å². The number of aromatic nitrogens is 2. The summed E-state index contributed by atoms with van der Waals surface area (Å²) < 4.78 is 14.7. The van der Waals surface area contributed by atoms with Gasteiger partial charge >= 0.3 is 0 Å². The average Bonchev–Trinajstić information content (AvgIpc) is 3.72. The van der Waals surface area contributed by atoms with Crippen LogP contribution < -0.4 is 10.9 Å². The van der Waals surface area contributed by atoms with Crippen LogP contribution in [-0.4, -0.2) is 45.7 Å². The molecular formula is C26H24FN5O3. The molecule has 2 aromatic carbocycles. The predicted octanol–water partition coefficient (Wildman–Crippen LogP) is 2.93. The molecule has 0 unspecified atom stereocenters. The normalized spacial score (nSPS) is 17.1. The van der Waals surface area contributed by atoms with E-state index in [0.29, 0.717) is 52.7 Å². The first-order chi connectivity index (χ1) is 16.9. The van der Waals surface area contributed by atoms with Crippen molar-refractivity contribution in [2.75, 3.05) is 13.1 Å². The van der Waals surface area contributed by atoms with E-state index in [-0.39, 0.29) is 29.5 Å². The number of hydrogen-bond donors (Lipinski definition) is 3. The third kappa shape index (κ3) is 4.75. The number of amides is 2. The van der Waals surface area contributed by atoms with Gasteiger partial charge in [-0.3, -0.25) is 14.4 Å². The summed E-state index contributed by atoms with van der Waals surface area (Å²) in [4.78, 5) is 38.7. The number of halogens is 1. The van der Waals surface area contributed by atoms with Crippen LogP contribution in [0.5, 0.6) is 0 Å². The van der Waals surface area contributed by atoms with Gasteiger partial charge in [-0.05, 0) is 36.6 Å². The summed E-state index contributed by atoms with van der Waals surface area (Å²) in [5.74, 6) is -1.15. The van der Waals surface area contributed by atoms with Crippen LogP contribution in [0, 0.1) is 17.1 Å². The summed E-state index contributed by atoms with van der Waals surface area (Å²) in [5, 5.41) is 18.8. The van der Waals surface area contributed by atoms with E-state index in [1.807, 2.05) is 6.07 Å².